The number of aliphatic hydroxyl groups excluding tert-OH is 1. The van der Waals surface area contributed by atoms with Gasteiger partial charge in [0.15, 0.2) is 0 Å². The van der Waals surface area contributed by atoms with Gasteiger partial charge in [-0.3, -0.25) is 9.59 Å². The average Bonchev–Trinajstić information content (AvgIpc) is 2.37. The molecule has 0 fully saturated rings. The van der Waals surface area contributed by atoms with Gasteiger partial charge in [0.2, 0.25) is 5.91 Å². The Balaban J connectivity index is 2.49. The summed E-state index contributed by atoms with van der Waals surface area (Å²) < 4.78 is 0. The Kier molecular flexibility index (Phi) is 6.95. The van der Waals surface area contributed by atoms with Gasteiger partial charge in [-0.15, -0.1) is 0 Å². The molecule has 0 unspecified atom stereocenters. The minimum atomic E-state index is -0.927. The van der Waals surface area contributed by atoms with Crippen LogP contribution in [-0.4, -0.2) is 29.7 Å². The third-order valence-corrected chi connectivity index (χ3v) is 3.17. The van der Waals surface area contributed by atoms with Crippen LogP contribution in [0.4, 0.5) is 0 Å². The summed E-state index contributed by atoms with van der Waals surface area (Å²) >= 11 is 11.7. The third-order valence-electron chi connectivity index (χ3n) is 2.60. The highest BCUT2D eigenvalue weighted by atomic mass is 35.5. The highest BCUT2D eigenvalue weighted by Crippen LogP contribution is 2.20. The molecule has 1 aromatic rings. The van der Waals surface area contributed by atoms with Gasteiger partial charge in [0.05, 0.1) is 17.1 Å². The molecule has 0 aliphatic heterocycles. The van der Waals surface area contributed by atoms with Gasteiger partial charge in [0, 0.05) is 5.02 Å². The van der Waals surface area contributed by atoms with E-state index in [4.69, 9.17) is 23.2 Å². The monoisotopic (exact) mass is 332 g/mol. The van der Waals surface area contributed by atoms with Crippen LogP contribution in [0.15, 0.2) is 18.2 Å². The van der Waals surface area contributed by atoms with Crippen molar-refractivity contribution in [1.29, 1.82) is 0 Å². The summed E-state index contributed by atoms with van der Waals surface area (Å²) in [5.74, 6) is -0.731. The van der Waals surface area contributed by atoms with E-state index in [0.717, 1.165) is 0 Å². The molecule has 0 aliphatic carbocycles. The van der Waals surface area contributed by atoms with Crippen LogP contribution in [0.1, 0.15) is 30.6 Å². The predicted molar refractivity (Wildman–Crippen MR) is 82.4 cm³/mol. The maximum atomic E-state index is 11.9. The Hall–Kier alpha value is -1.30. The summed E-state index contributed by atoms with van der Waals surface area (Å²) in [6.07, 6.45) is -0.482. The van der Waals surface area contributed by atoms with Gasteiger partial charge in [0.25, 0.3) is 5.91 Å². The second-order valence-electron chi connectivity index (χ2n) is 5.02. The Morgan fingerprint density at radius 1 is 1.29 bits per heavy atom. The van der Waals surface area contributed by atoms with Crippen molar-refractivity contribution in [2.75, 3.05) is 6.54 Å². The first-order chi connectivity index (χ1) is 9.79. The molecule has 21 heavy (non-hydrogen) atoms. The van der Waals surface area contributed by atoms with Crippen molar-refractivity contribution in [2.24, 2.45) is 5.92 Å². The molecule has 1 atom stereocenters. The molecule has 116 valence electrons. The van der Waals surface area contributed by atoms with Crippen molar-refractivity contribution >= 4 is 35.0 Å². The van der Waals surface area contributed by atoms with E-state index in [1.807, 2.05) is 13.8 Å². The maximum absolute atomic E-state index is 11.9. The molecule has 0 spiro atoms. The normalized spacial score (nSPS) is 12.1. The molecule has 1 aromatic carbocycles. The zero-order valence-corrected chi connectivity index (χ0v) is 13.3. The summed E-state index contributed by atoms with van der Waals surface area (Å²) in [7, 11) is 0. The molecule has 0 radical (unpaired) electrons. The fraction of sp³-hybridized carbons (Fsp3) is 0.429. The van der Waals surface area contributed by atoms with Gasteiger partial charge in [0.1, 0.15) is 6.23 Å². The highest BCUT2D eigenvalue weighted by Gasteiger charge is 2.14. The molecule has 0 saturated carbocycles. The lowest BCUT2D eigenvalue weighted by molar-refractivity contribution is -0.123. The fourth-order valence-corrected chi connectivity index (χ4v) is 2.05. The number of amides is 2. The molecule has 1 rings (SSSR count). The number of nitrogens with one attached hydrogen (secondary N) is 2. The zero-order valence-electron chi connectivity index (χ0n) is 11.8. The van der Waals surface area contributed by atoms with E-state index in [1.54, 1.807) is 6.07 Å². The molecule has 5 nitrogen and oxygen atoms in total. The van der Waals surface area contributed by atoms with Crippen LogP contribution in [0, 0.1) is 5.92 Å². The lowest BCUT2D eigenvalue weighted by Crippen LogP contribution is -2.42. The lowest BCUT2D eigenvalue weighted by Gasteiger charge is -2.15. The minimum absolute atomic E-state index is 0.194. The number of benzene rings is 1. The van der Waals surface area contributed by atoms with Gasteiger partial charge >= 0.3 is 0 Å². The molecular weight excluding hydrogens is 315 g/mol. The van der Waals surface area contributed by atoms with Crippen molar-refractivity contribution in [1.82, 2.24) is 10.6 Å². The third kappa shape index (κ3) is 6.33. The summed E-state index contributed by atoms with van der Waals surface area (Å²) in [6.45, 7) is 3.60. The van der Waals surface area contributed by atoms with Crippen LogP contribution in [0.2, 0.25) is 10.0 Å². The van der Waals surface area contributed by atoms with Gasteiger partial charge < -0.3 is 15.7 Å². The van der Waals surface area contributed by atoms with Gasteiger partial charge in [-0.05, 0) is 30.5 Å². The smallest absolute Gasteiger partial charge is 0.253 e. The molecule has 0 bridgehead atoms. The number of hydrogen-bond donors (Lipinski definition) is 3. The van der Waals surface area contributed by atoms with E-state index in [-0.39, 0.29) is 23.0 Å². The van der Waals surface area contributed by atoms with Crippen LogP contribution in [0.5, 0.6) is 0 Å². The average molecular weight is 333 g/mol. The van der Waals surface area contributed by atoms with Crippen LogP contribution in [-0.2, 0) is 4.79 Å². The molecule has 7 heteroatoms. The van der Waals surface area contributed by atoms with Gasteiger partial charge in [-0.25, -0.2) is 0 Å². The number of halogens is 2. The first-order valence-electron chi connectivity index (χ1n) is 6.50. The standard InChI is InChI=1S/C14H18Cl2N2O3/c1-8(2)5-12(19)18-13(20)7-17-14(21)10-6-9(15)3-4-11(10)16/h3-4,6,8,12,19H,5,7H2,1-2H3,(H,17,21)(H,18,20)/t12-/m1/s1. The molecular formula is C14H18Cl2N2O3. The Bertz CT molecular complexity index is 521. The Morgan fingerprint density at radius 2 is 1.95 bits per heavy atom. The number of aliphatic hydroxyl groups is 1. The van der Waals surface area contributed by atoms with Crippen LogP contribution >= 0.6 is 23.2 Å². The van der Waals surface area contributed by atoms with Crippen molar-refractivity contribution < 1.29 is 14.7 Å². The van der Waals surface area contributed by atoms with Crippen molar-refractivity contribution in [2.45, 2.75) is 26.5 Å². The fourth-order valence-electron chi connectivity index (χ4n) is 1.67. The number of carbonyl (C=O) groups is 2. The Morgan fingerprint density at radius 3 is 2.57 bits per heavy atom. The van der Waals surface area contributed by atoms with E-state index in [1.165, 1.54) is 12.1 Å². The van der Waals surface area contributed by atoms with Crippen molar-refractivity contribution in [3.05, 3.63) is 33.8 Å². The summed E-state index contributed by atoms with van der Waals surface area (Å²) in [5, 5.41) is 15.0. The van der Waals surface area contributed by atoms with E-state index in [0.29, 0.717) is 11.4 Å². The quantitative estimate of drug-likeness (QED) is 0.699. The molecule has 0 aromatic heterocycles. The number of carbonyl (C=O) groups excluding carboxylic acids is 2. The zero-order chi connectivity index (χ0) is 16.0. The van der Waals surface area contributed by atoms with E-state index >= 15 is 0 Å². The van der Waals surface area contributed by atoms with Crippen LogP contribution in [0.3, 0.4) is 0 Å². The number of hydrogen-bond acceptors (Lipinski definition) is 3. The SMILES string of the molecule is CC(C)C[C@@H](O)NC(=O)CNC(=O)c1cc(Cl)ccc1Cl. The van der Waals surface area contributed by atoms with Crippen LogP contribution in [0.25, 0.3) is 0 Å². The van der Waals surface area contributed by atoms with E-state index in [2.05, 4.69) is 10.6 Å². The second kappa shape index (κ2) is 8.22. The van der Waals surface area contributed by atoms with Gasteiger partial charge in [-0.1, -0.05) is 37.0 Å². The molecule has 2 amide bonds. The Labute approximate surface area is 133 Å². The second-order valence-corrected chi connectivity index (χ2v) is 5.86. The number of rotatable bonds is 6. The topological polar surface area (TPSA) is 78.4 Å². The van der Waals surface area contributed by atoms with Crippen LogP contribution < -0.4 is 10.6 Å². The van der Waals surface area contributed by atoms with Crippen molar-refractivity contribution in [3.8, 4) is 0 Å². The largest absolute Gasteiger partial charge is 0.374 e. The van der Waals surface area contributed by atoms with E-state index in [9.17, 15) is 14.7 Å². The molecule has 3 N–H and O–H groups in total. The lowest BCUT2D eigenvalue weighted by atomic mass is 10.1. The summed E-state index contributed by atoms with van der Waals surface area (Å²) in [6, 6.07) is 4.49. The van der Waals surface area contributed by atoms with Crippen molar-refractivity contribution in [3.63, 3.8) is 0 Å². The summed E-state index contributed by atoms with van der Waals surface area (Å²) in [4.78, 5) is 23.5. The maximum Gasteiger partial charge on any atom is 0.253 e. The highest BCUT2D eigenvalue weighted by molar-refractivity contribution is 6.35. The minimum Gasteiger partial charge on any atom is -0.374 e. The first-order valence-corrected chi connectivity index (χ1v) is 7.26. The molecule has 0 heterocycles. The van der Waals surface area contributed by atoms with E-state index < -0.39 is 18.0 Å². The van der Waals surface area contributed by atoms with Gasteiger partial charge in [-0.2, -0.15) is 0 Å². The molecule has 0 aliphatic rings. The molecule has 0 saturated heterocycles. The summed E-state index contributed by atoms with van der Waals surface area (Å²) in [5.41, 5.74) is 0.194. The predicted octanol–water partition coefficient (Wildman–Crippen LogP) is 2.20. The first kappa shape index (κ1) is 17.8.